The zero-order chi connectivity index (χ0) is 13.7. The summed E-state index contributed by atoms with van der Waals surface area (Å²) in [5.74, 6) is -1.32. The lowest BCUT2D eigenvalue weighted by molar-refractivity contribution is -0.138. The third-order valence-electron chi connectivity index (χ3n) is 2.70. The van der Waals surface area contributed by atoms with Crippen LogP contribution in [0.4, 0.5) is 0 Å². The van der Waals surface area contributed by atoms with Crippen molar-refractivity contribution in [3.8, 4) is 0 Å². The minimum Gasteiger partial charge on any atom is -0.480 e. The van der Waals surface area contributed by atoms with Crippen LogP contribution in [0.25, 0.3) is 0 Å². The van der Waals surface area contributed by atoms with Crippen LogP contribution in [0.5, 0.6) is 0 Å². The molecule has 1 atom stereocenters. The molecule has 100 valence electrons. The van der Waals surface area contributed by atoms with Crippen LogP contribution in [0.2, 0.25) is 0 Å². The average molecular weight is 269 g/mol. The molecule has 0 aromatic carbocycles. The van der Waals surface area contributed by atoms with Crippen molar-refractivity contribution < 1.29 is 14.7 Å². The Morgan fingerprint density at radius 2 is 2.11 bits per heavy atom. The van der Waals surface area contributed by atoms with Crippen molar-refractivity contribution in [3.05, 3.63) is 21.4 Å². The number of hydrogen-bond acceptors (Lipinski definition) is 3. The molecule has 0 aliphatic heterocycles. The van der Waals surface area contributed by atoms with E-state index >= 15 is 0 Å². The summed E-state index contributed by atoms with van der Waals surface area (Å²) in [7, 11) is 0. The van der Waals surface area contributed by atoms with Gasteiger partial charge in [-0.2, -0.15) is 0 Å². The van der Waals surface area contributed by atoms with Crippen LogP contribution in [0.1, 0.15) is 47.3 Å². The SMILES string of the molecule is CCCc1sc(C(=O)N[C@H](C)C(=O)O)cc1CC. The summed E-state index contributed by atoms with van der Waals surface area (Å²) in [6.07, 6.45) is 2.91. The lowest BCUT2D eigenvalue weighted by Crippen LogP contribution is -2.37. The van der Waals surface area contributed by atoms with E-state index in [9.17, 15) is 9.59 Å². The highest BCUT2D eigenvalue weighted by Crippen LogP contribution is 2.24. The van der Waals surface area contributed by atoms with Crippen molar-refractivity contribution in [2.24, 2.45) is 0 Å². The summed E-state index contributed by atoms with van der Waals surface area (Å²) in [6, 6.07) is 1.01. The lowest BCUT2D eigenvalue weighted by Gasteiger charge is -2.07. The van der Waals surface area contributed by atoms with Crippen LogP contribution < -0.4 is 5.32 Å². The Labute approximate surface area is 111 Å². The quantitative estimate of drug-likeness (QED) is 0.833. The van der Waals surface area contributed by atoms with Crippen LogP contribution >= 0.6 is 11.3 Å². The van der Waals surface area contributed by atoms with Gasteiger partial charge in [-0.15, -0.1) is 11.3 Å². The Bertz CT molecular complexity index is 439. The molecule has 0 unspecified atom stereocenters. The molecule has 18 heavy (non-hydrogen) atoms. The zero-order valence-corrected chi connectivity index (χ0v) is 11.8. The lowest BCUT2D eigenvalue weighted by atomic mass is 10.1. The van der Waals surface area contributed by atoms with Gasteiger partial charge in [0.15, 0.2) is 0 Å². The maximum absolute atomic E-state index is 11.9. The van der Waals surface area contributed by atoms with Crippen molar-refractivity contribution in [1.82, 2.24) is 5.32 Å². The highest BCUT2D eigenvalue weighted by atomic mass is 32.1. The first kappa shape index (κ1) is 14.7. The number of carbonyl (C=O) groups is 2. The summed E-state index contributed by atoms with van der Waals surface area (Å²) < 4.78 is 0. The van der Waals surface area contributed by atoms with Gasteiger partial charge in [0.1, 0.15) is 6.04 Å². The van der Waals surface area contributed by atoms with Crippen molar-refractivity contribution in [2.45, 2.75) is 46.1 Å². The molecule has 0 bridgehead atoms. The summed E-state index contributed by atoms with van der Waals surface area (Å²) in [5.41, 5.74) is 1.19. The minimum absolute atomic E-state index is 0.299. The number of amides is 1. The van der Waals surface area contributed by atoms with Gasteiger partial charge in [-0.25, -0.2) is 0 Å². The number of rotatable bonds is 6. The van der Waals surface area contributed by atoms with E-state index in [2.05, 4.69) is 19.2 Å². The Hall–Kier alpha value is -1.36. The predicted molar refractivity (Wildman–Crippen MR) is 72.3 cm³/mol. The molecule has 0 saturated heterocycles. The standard InChI is InChI=1S/C13H19NO3S/c1-4-6-10-9(5-2)7-11(18-10)12(15)14-8(3)13(16)17/h7-8H,4-6H2,1-3H3,(H,14,15)(H,16,17)/t8-/m1/s1. The van der Waals surface area contributed by atoms with Crippen LogP contribution in [0.3, 0.4) is 0 Å². The third-order valence-corrected chi connectivity index (χ3v) is 3.93. The molecule has 0 fully saturated rings. The number of carboxylic acids is 1. The number of hydrogen-bond donors (Lipinski definition) is 2. The minimum atomic E-state index is -1.02. The van der Waals surface area contributed by atoms with Crippen LogP contribution in [-0.2, 0) is 17.6 Å². The predicted octanol–water partition coefficient (Wildman–Crippen LogP) is 2.47. The molecule has 2 N–H and O–H groups in total. The molecule has 1 aromatic rings. The molecular formula is C13H19NO3S. The Morgan fingerprint density at radius 1 is 1.44 bits per heavy atom. The second-order valence-corrected chi connectivity index (χ2v) is 5.33. The number of thiophene rings is 1. The molecule has 1 rings (SSSR count). The van der Waals surface area contributed by atoms with Crippen molar-refractivity contribution in [2.75, 3.05) is 0 Å². The average Bonchev–Trinajstić information content (AvgIpc) is 2.72. The second-order valence-electron chi connectivity index (χ2n) is 4.20. The number of carboxylic acid groups (broad SMARTS) is 1. The van der Waals surface area contributed by atoms with Gasteiger partial charge in [0.05, 0.1) is 4.88 Å². The fraction of sp³-hybridized carbons (Fsp3) is 0.538. The van der Waals surface area contributed by atoms with E-state index in [0.717, 1.165) is 19.3 Å². The van der Waals surface area contributed by atoms with Gasteiger partial charge in [0.2, 0.25) is 0 Å². The van der Waals surface area contributed by atoms with E-state index in [1.54, 1.807) is 0 Å². The van der Waals surface area contributed by atoms with Gasteiger partial charge >= 0.3 is 5.97 Å². The summed E-state index contributed by atoms with van der Waals surface area (Å²) in [5, 5.41) is 11.2. The first-order valence-corrected chi connectivity index (χ1v) is 6.96. The maximum Gasteiger partial charge on any atom is 0.325 e. The van der Waals surface area contributed by atoms with Crippen molar-refractivity contribution in [3.63, 3.8) is 0 Å². The molecule has 1 aromatic heterocycles. The molecule has 0 aliphatic rings. The highest BCUT2D eigenvalue weighted by Gasteiger charge is 2.18. The first-order chi connectivity index (χ1) is 8.49. The van der Waals surface area contributed by atoms with Gasteiger partial charge in [0.25, 0.3) is 5.91 Å². The normalized spacial score (nSPS) is 12.2. The highest BCUT2D eigenvalue weighted by molar-refractivity contribution is 7.14. The van der Waals surface area contributed by atoms with Crippen molar-refractivity contribution >= 4 is 23.2 Å². The maximum atomic E-state index is 11.9. The smallest absolute Gasteiger partial charge is 0.325 e. The fourth-order valence-corrected chi connectivity index (χ4v) is 2.90. The molecule has 5 heteroatoms. The van der Waals surface area contributed by atoms with Gasteiger partial charge in [-0.05, 0) is 31.4 Å². The van der Waals surface area contributed by atoms with E-state index in [1.807, 2.05) is 6.07 Å². The summed E-state index contributed by atoms with van der Waals surface area (Å²) in [6.45, 7) is 5.62. The number of nitrogens with one attached hydrogen (secondary N) is 1. The van der Waals surface area contributed by atoms with E-state index in [0.29, 0.717) is 4.88 Å². The van der Waals surface area contributed by atoms with Gasteiger partial charge in [-0.1, -0.05) is 20.3 Å². The molecule has 1 heterocycles. The van der Waals surface area contributed by atoms with Crippen LogP contribution in [0.15, 0.2) is 6.07 Å². The fourth-order valence-electron chi connectivity index (χ4n) is 1.65. The van der Waals surface area contributed by atoms with Crippen LogP contribution in [0, 0.1) is 0 Å². The molecular weight excluding hydrogens is 250 g/mol. The number of aryl methyl sites for hydroxylation is 2. The number of aliphatic carboxylic acids is 1. The molecule has 4 nitrogen and oxygen atoms in total. The Morgan fingerprint density at radius 3 is 2.61 bits per heavy atom. The topological polar surface area (TPSA) is 66.4 Å². The largest absolute Gasteiger partial charge is 0.480 e. The van der Waals surface area contributed by atoms with Gasteiger partial charge in [0, 0.05) is 4.88 Å². The zero-order valence-electron chi connectivity index (χ0n) is 10.9. The third kappa shape index (κ3) is 3.57. The van der Waals surface area contributed by atoms with Crippen LogP contribution in [-0.4, -0.2) is 23.0 Å². The molecule has 0 radical (unpaired) electrons. The first-order valence-electron chi connectivity index (χ1n) is 6.14. The van der Waals surface area contributed by atoms with E-state index < -0.39 is 12.0 Å². The summed E-state index contributed by atoms with van der Waals surface area (Å²) in [4.78, 5) is 24.4. The van der Waals surface area contributed by atoms with E-state index in [1.165, 1.54) is 28.7 Å². The Balaban J connectivity index is 2.83. The molecule has 0 saturated carbocycles. The van der Waals surface area contributed by atoms with Gasteiger partial charge in [-0.3, -0.25) is 9.59 Å². The monoisotopic (exact) mass is 269 g/mol. The second kappa shape index (κ2) is 6.54. The molecule has 1 amide bonds. The van der Waals surface area contributed by atoms with E-state index in [4.69, 9.17) is 5.11 Å². The van der Waals surface area contributed by atoms with E-state index in [-0.39, 0.29) is 5.91 Å². The van der Waals surface area contributed by atoms with Gasteiger partial charge < -0.3 is 10.4 Å². The summed E-state index contributed by atoms with van der Waals surface area (Å²) >= 11 is 1.47. The Kier molecular flexibility index (Phi) is 5.34. The van der Waals surface area contributed by atoms with Crippen molar-refractivity contribution in [1.29, 1.82) is 0 Å². The molecule has 0 spiro atoms. The number of carbonyl (C=O) groups excluding carboxylic acids is 1. The molecule has 0 aliphatic carbocycles.